The third-order valence-corrected chi connectivity index (χ3v) is 4.40. The number of halogens is 1. The molecule has 17 heavy (non-hydrogen) atoms. The first-order valence-electron chi connectivity index (χ1n) is 6.44. The minimum Gasteiger partial charge on any atom is -0.371 e. The second kappa shape index (κ2) is 5.87. The Morgan fingerprint density at radius 1 is 1.35 bits per heavy atom. The van der Waals surface area contributed by atoms with E-state index in [2.05, 4.69) is 46.0 Å². The van der Waals surface area contributed by atoms with E-state index < -0.39 is 0 Å². The quantitative estimate of drug-likeness (QED) is 0.904. The fourth-order valence-electron chi connectivity index (χ4n) is 2.55. The van der Waals surface area contributed by atoms with Crippen molar-refractivity contribution in [2.24, 2.45) is 11.7 Å². The highest BCUT2D eigenvalue weighted by atomic mass is 79.9. The molecule has 0 amide bonds. The molecule has 2 nitrogen and oxygen atoms in total. The molecule has 0 aromatic heterocycles. The van der Waals surface area contributed by atoms with Crippen LogP contribution in [0, 0.1) is 5.92 Å². The monoisotopic (exact) mass is 296 g/mol. The second-order valence-corrected chi connectivity index (χ2v) is 5.82. The molecule has 0 aliphatic carbocycles. The Hall–Kier alpha value is -0.540. The highest BCUT2D eigenvalue weighted by molar-refractivity contribution is 9.10. The van der Waals surface area contributed by atoms with E-state index in [9.17, 15) is 0 Å². The average Bonchev–Trinajstić information content (AvgIpc) is 2.54. The van der Waals surface area contributed by atoms with Crippen LogP contribution in [0.2, 0.25) is 0 Å². The number of benzene rings is 1. The molecule has 1 aliphatic rings. The number of hydrogen-bond acceptors (Lipinski definition) is 2. The molecule has 2 rings (SSSR count). The molecule has 1 aliphatic heterocycles. The van der Waals surface area contributed by atoms with Crippen LogP contribution in [0.15, 0.2) is 22.7 Å². The number of nitrogens with zero attached hydrogens (tertiary/aromatic N) is 1. The van der Waals surface area contributed by atoms with Gasteiger partial charge in [0.2, 0.25) is 0 Å². The lowest BCUT2D eigenvalue weighted by atomic mass is 10.0. The Labute approximate surface area is 112 Å². The molecule has 1 saturated heterocycles. The summed E-state index contributed by atoms with van der Waals surface area (Å²) in [4.78, 5) is 2.50. The van der Waals surface area contributed by atoms with Crippen LogP contribution in [-0.2, 0) is 6.54 Å². The number of hydrogen-bond donors (Lipinski definition) is 1. The molecule has 1 aromatic rings. The van der Waals surface area contributed by atoms with Gasteiger partial charge in [-0.1, -0.05) is 28.9 Å². The van der Waals surface area contributed by atoms with Gasteiger partial charge in [-0.3, -0.25) is 0 Å². The molecular formula is C14H21BrN2. The predicted octanol–water partition coefficient (Wildman–Crippen LogP) is 3.53. The fourth-order valence-corrected chi connectivity index (χ4v) is 3.07. The van der Waals surface area contributed by atoms with Gasteiger partial charge in [0.15, 0.2) is 0 Å². The maximum atomic E-state index is 5.87. The van der Waals surface area contributed by atoms with Gasteiger partial charge < -0.3 is 10.6 Å². The maximum absolute atomic E-state index is 5.87. The zero-order valence-electron chi connectivity index (χ0n) is 10.5. The SMILES string of the molecule is CC1CCCN(c2cccc(Br)c2CN)CC1. The molecule has 0 radical (unpaired) electrons. The minimum atomic E-state index is 0.600. The molecule has 1 fully saturated rings. The summed E-state index contributed by atoms with van der Waals surface area (Å²) in [5.74, 6) is 0.855. The third-order valence-electron chi connectivity index (χ3n) is 3.66. The van der Waals surface area contributed by atoms with Crippen LogP contribution in [0.25, 0.3) is 0 Å². The summed E-state index contributed by atoms with van der Waals surface area (Å²) in [7, 11) is 0. The number of nitrogens with two attached hydrogens (primary N) is 1. The summed E-state index contributed by atoms with van der Waals surface area (Å²) in [6.07, 6.45) is 3.93. The van der Waals surface area contributed by atoms with Crippen molar-refractivity contribution < 1.29 is 0 Å². The maximum Gasteiger partial charge on any atom is 0.0423 e. The minimum absolute atomic E-state index is 0.600. The normalized spacial score (nSPS) is 21.4. The predicted molar refractivity (Wildman–Crippen MR) is 77.3 cm³/mol. The van der Waals surface area contributed by atoms with E-state index in [1.807, 2.05) is 0 Å². The first-order chi connectivity index (χ1) is 8.22. The van der Waals surface area contributed by atoms with Gasteiger partial charge in [0.1, 0.15) is 0 Å². The van der Waals surface area contributed by atoms with Crippen molar-refractivity contribution in [1.82, 2.24) is 0 Å². The molecule has 0 spiro atoms. The summed E-state index contributed by atoms with van der Waals surface area (Å²) < 4.78 is 1.13. The summed E-state index contributed by atoms with van der Waals surface area (Å²) >= 11 is 3.60. The van der Waals surface area contributed by atoms with E-state index in [-0.39, 0.29) is 0 Å². The Morgan fingerprint density at radius 2 is 2.18 bits per heavy atom. The third kappa shape index (κ3) is 3.02. The zero-order chi connectivity index (χ0) is 12.3. The Morgan fingerprint density at radius 3 is 2.94 bits per heavy atom. The molecule has 0 bridgehead atoms. The molecule has 1 heterocycles. The van der Waals surface area contributed by atoms with Crippen molar-refractivity contribution in [2.45, 2.75) is 32.7 Å². The van der Waals surface area contributed by atoms with E-state index in [1.54, 1.807) is 0 Å². The standard InChI is InChI=1S/C14H21BrN2/c1-11-4-3-8-17(9-7-11)14-6-2-5-13(15)12(14)10-16/h2,5-6,11H,3-4,7-10,16H2,1H3. The van der Waals surface area contributed by atoms with Crippen molar-refractivity contribution in [1.29, 1.82) is 0 Å². The van der Waals surface area contributed by atoms with Gasteiger partial charge in [-0.15, -0.1) is 0 Å². The lowest BCUT2D eigenvalue weighted by Crippen LogP contribution is -2.26. The molecule has 1 aromatic carbocycles. The van der Waals surface area contributed by atoms with E-state index >= 15 is 0 Å². The van der Waals surface area contributed by atoms with Gasteiger partial charge in [-0.05, 0) is 37.3 Å². The Kier molecular flexibility index (Phi) is 4.46. The fraction of sp³-hybridized carbons (Fsp3) is 0.571. The summed E-state index contributed by atoms with van der Waals surface area (Å²) in [6.45, 7) is 5.27. The van der Waals surface area contributed by atoms with Crippen LogP contribution < -0.4 is 10.6 Å². The van der Waals surface area contributed by atoms with Gasteiger partial charge in [0.25, 0.3) is 0 Å². The second-order valence-electron chi connectivity index (χ2n) is 4.96. The van der Waals surface area contributed by atoms with E-state index in [0.29, 0.717) is 6.54 Å². The van der Waals surface area contributed by atoms with Crippen molar-refractivity contribution in [3.63, 3.8) is 0 Å². The smallest absolute Gasteiger partial charge is 0.0423 e. The van der Waals surface area contributed by atoms with Gasteiger partial charge >= 0.3 is 0 Å². The van der Waals surface area contributed by atoms with Crippen LogP contribution in [0.3, 0.4) is 0 Å². The van der Waals surface area contributed by atoms with Crippen molar-refractivity contribution >= 4 is 21.6 Å². The van der Waals surface area contributed by atoms with Gasteiger partial charge in [0, 0.05) is 35.4 Å². The molecule has 1 atom stereocenters. The Bertz CT molecular complexity index is 378. The first kappa shape index (κ1) is 12.9. The molecule has 0 saturated carbocycles. The van der Waals surface area contributed by atoms with Crippen molar-refractivity contribution in [2.75, 3.05) is 18.0 Å². The lowest BCUT2D eigenvalue weighted by molar-refractivity contribution is 0.521. The van der Waals surface area contributed by atoms with Crippen LogP contribution in [0.5, 0.6) is 0 Å². The highest BCUT2D eigenvalue weighted by Crippen LogP contribution is 2.30. The van der Waals surface area contributed by atoms with E-state index in [4.69, 9.17) is 5.73 Å². The van der Waals surface area contributed by atoms with Gasteiger partial charge in [-0.2, -0.15) is 0 Å². The highest BCUT2D eigenvalue weighted by Gasteiger charge is 2.17. The lowest BCUT2D eigenvalue weighted by Gasteiger charge is -2.26. The van der Waals surface area contributed by atoms with Crippen molar-refractivity contribution in [3.8, 4) is 0 Å². The summed E-state index contributed by atoms with van der Waals surface area (Å²) in [5.41, 5.74) is 8.42. The largest absolute Gasteiger partial charge is 0.371 e. The summed E-state index contributed by atoms with van der Waals surface area (Å²) in [5, 5.41) is 0. The topological polar surface area (TPSA) is 29.3 Å². The molecule has 3 heteroatoms. The summed E-state index contributed by atoms with van der Waals surface area (Å²) in [6, 6.07) is 6.38. The van der Waals surface area contributed by atoms with Crippen LogP contribution in [0.4, 0.5) is 5.69 Å². The van der Waals surface area contributed by atoms with Crippen LogP contribution in [0.1, 0.15) is 31.7 Å². The van der Waals surface area contributed by atoms with Gasteiger partial charge in [0.05, 0.1) is 0 Å². The molecule has 2 N–H and O–H groups in total. The van der Waals surface area contributed by atoms with Gasteiger partial charge in [-0.25, -0.2) is 0 Å². The van der Waals surface area contributed by atoms with Crippen LogP contribution in [-0.4, -0.2) is 13.1 Å². The number of rotatable bonds is 2. The van der Waals surface area contributed by atoms with E-state index in [0.717, 1.165) is 23.5 Å². The average molecular weight is 297 g/mol. The number of anilines is 1. The van der Waals surface area contributed by atoms with E-state index in [1.165, 1.54) is 30.5 Å². The molecule has 94 valence electrons. The van der Waals surface area contributed by atoms with Crippen molar-refractivity contribution in [3.05, 3.63) is 28.2 Å². The zero-order valence-corrected chi connectivity index (χ0v) is 12.0. The van der Waals surface area contributed by atoms with Crippen LogP contribution >= 0.6 is 15.9 Å². The molecule has 1 unspecified atom stereocenters. The first-order valence-corrected chi connectivity index (χ1v) is 7.24. The Balaban J connectivity index is 2.23. The molecular weight excluding hydrogens is 276 g/mol.